The second-order valence-corrected chi connectivity index (χ2v) is 11.9. The summed E-state index contributed by atoms with van der Waals surface area (Å²) in [6.45, 7) is 1.75. The third kappa shape index (κ3) is 8.36. The van der Waals surface area contributed by atoms with Crippen molar-refractivity contribution in [3.63, 3.8) is 0 Å². The fraction of sp³-hybridized carbons (Fsp3) is 0.310. The molecule has 0 radical (unpaired) electrons. The van der Waals surface area contributed by atoms with Crippen molar-refractivity contribution in [2.24, 2.45) is 0 Å². The Kier molecular flexibility index (Phi) is 11.2. The van der Waals surface area contributed by atoms with Gasteiger partial charge < -0.3 is 15.0 Å². The van der Waals surface area contributed by atoms with Crippen LogP contribution in [0.3, 0.4) is 0 Å². The van der Waals surface area contributed by atoms with Crippen molar-refractivity contribution in [3.8, 4) is 5.75 Å². The zero-order chi connectivity index (χ0) is 29.3. The largest absolute Gasteiger partial charge is 0.495 e. The first-order valence-electron chi connectivity index (χ1n) is 12.7. The topological polar surface area (TPSA) is 96.0 Å². The molecule has 1 N–H and O–H groups in total. The van der Waals surface area contributed by atoms with Crippen LogP contribution in [0.25, 0.3) is 0 Å². The Balaban J connectivity index is 2.09. The fourth-order valence-corrected chi connectivity index (χ4v) is 5.39. The molecule has 2 amide bonds. The third-order valence-corrected chi connectivity index (χ3v) is 7.94. The van der Waals surface area contributed by atoms with Crippen LogP contribution in [-0.2, 0) is 32.6 Å². The minimum absolute atomic E-state index is 0.0141. The first-order chi connectivity index (χ1) is 19.0. The van der Waals surface area contributed by atoms with Gasteiger partial charge in [-0.15, -0.1) is 0 Å². The van der Waals surface area contributed by atoms with Crippen molar-refractivity contribution in [1.29, 1.82) is 0 Å². The maximum absolute atomic E-state index is 14.1. The van der Waals surface area contributed by atoms with E-state index in [4.69, 9.17) is 27.9 Å². The van der Waals surface area contributed by atoms with E-state index >= 15 is 0 Å². The predicted molar refractivity (Wildman–Crippen MR) is 159 cm³/mol. The van der Waals surface area contributed by atoms with Crippen molar-refractivity contribution in [2.45, 2.75) is 32.4 Å². The Hall–Kier alpha value is -3.27. The lowest BCUT2D eigenvalue weighted by molar-refractivity contribution is -0.140. The maximum Gasteiger partial charge on any atom is 0.244 e. The summed E-state index contributed by atoms with van der Waals surface area (Å²) in [4.78, 5) is 29.0. The summed E-state index contributed by atoms with van der Waals surface area (Å²) < 4.78 is 32.2. The predicted octanol–water partition coefficient (Wildman–Crippen LogP) is 4.93. The van der Waals surface area contributed by atoms with E-state index in [2.05, 4.69) is 5.32 Å². The van der Waals surface area contributed by atoms with Crippen molar-refractivity contribution in [3.05, 3.63) is 94.0 Å². The van der Waals surface area contributed by atoms with E-state index in [9.17, 15) is 18.0 Å². The Morgan fingerprint density at radius 2 is 1.68 bits per heavy atom. The molecule has 11 heteroatoms. The van der Waals surface area contributed by atoms with E-state index in [1.54, 1.807) is 30.3 Å². The highest BCUT2D eigenvalue weighted by molar-refractivity contribution is 7.92. The molecule has 0 bridgehead atoms. The lowest BCUT2D eigenvalue weighted by atomic mass is 10.0. The van der Waals surface area contributed by atoms with Gasteiger partial charge in [-0.1, -0.05) is 78.7 Å². The number of nitrogens with zero attached hydrogens (tertiary/aromatic N) is 2. The molecule has 0 heterocycles. The molecule has 0 fully saturated rings. The van der Waals surface area contributed by atoms with Crippen LogP contribution in [0.5, 0.6) is 5.75 Å². The number of sulfonamides is 1. The van der Waals surface area contributed by atoms with E-state index in [0.717, 1.165) is 16.1 Å². The van der Waals surface area contributed by atoms with Crippen LogP contribution in [0.1, 0.15) is 24.5 Å². The van der Waals surface area contributed by atoms with Crippen LogP contribution >= 0.6 is 23.2 Å². The fourth-order valence-electron chi connectivity index (χ4n) is 4.18. The minimum atomic E-state index is -3.98. The molecule has 3 rings (SSSR count). The van der Waals surface area contributed by atoms with Gasteiger partial charge in [-0.25, -0.2) is 8.42 Å². The van der Waals surface area contributed by atoms with Crippen molar-refractivity contribution in [1.82, 2.24) is 10.2 Å². The summed E-state index contributed by atoms with van der Waals surface area (Å²) in [5, 5.41) is 3.58. The molecule has 0 aromatic heterocycles. The number of carbonyl (C=O) groups excluding carboxylic acids is 2. The van der Waals surface area contributed by atoms with Gasteiger partial charge in [0.25, 0.3) is 0 Å². The van der Waals surface area contributed by atoms with Crippen LogP contribution in [0, 0.1) is 0 Å². The van der Waals surface area contributed by atoms with Crippen LogP contribution < -0.4 is 14.4 Å². The zero-order valence-corrected chi connectivity index (χ0v) is 25.0. The Morgan fingerprint density at radius 1 is 1.00 bits per heavy atom. The first-order valence-corrected chi connectivity index (χ1v) is 15.3. The van der Waals surface area contributed by atoms with Gasteiger partial charge in [0.05, 0.1) is 19.1 Å². The number of hydrogen-bond acceptors (Lipinski definition) is 5. The molecule has 0 aliphatic carbocycles. The minimum Gasteiger partial charge on any atom is -0.495 e. The summed E-state index contributed by atoms with van der Waals surface area (Å²) in [6, 6.07) is 19.9. The number of ether oxygens (including phenoxy) is 1. The van der Waals surface area contributed by atoms with Gasteiger partial charge in [0.2, 0.25) is 21.8 Å². The van der Waals surface area contributed by atoms with E-state index in [1.165, 1.54) is 24.1 Å². The summed E-state index contributed by atoms with van der Waals surface area (Å²) in [6.07, 6.45) is 1.92. The lowest BCUT2D eigenvalue weighted by Gasteiger charge is -2.34. The quantitative estimate of drug-likeness (QED) is 0.298. The Morgan fingerprint density at radius 3 is 2.30 bits per heavy atom. The smallest absolute Gasteiger partial charge is 0.244 e. The average molecular weight is 607 g/mol. The molecule has 1 atom stereocenters. The number of nitrogens with one attached hydrogen (secondary N) is 1. The average Bonchev–Trinajstić information content (AvgIpc) is 2.93. The highest BCUT2D eigenvalue weighted by Crippen LogP contribution is 2.33. The second kappa shape index (κ2) is 14.4. The van der Waals surface area contributed by atoms with Crippen molar-refractivity contribution < 1.29 is 22.7 Å². The molecule has 0 aliphatic rings. The molecule has 3 aromatic rings. The number of amides is 2. The summed E-state index contributed by atoms with van der Waals surface area (Å²) in [5.74, 6) is -0.723. The number of rotatable bonds is 13. The highest BCUT2D eigenvalue weighted by atomic mass is 35.5. The highest BCUT2D eigenvalue weighted by Gasteiger charge is 2.34. The van der Waals surface area contributed by atoms with Gasteiger partial charge >= 0.3 is 0 Å². The van der Waals surface area contributed by atoms with Crippen molar-refractivity contribution in [2.75, 3.05) is 30.8 Å². The number of hydrogen-bond donors (Lipinski definition) is 1. The SMILES string of the molecule is CCCNC(=O)C(Cc1ccccc1)N(Cc1ccccc1Cl)C(=O)CN(c1cc(Cl)ccc1OC)S(C)(=O)=O. The van der Waals surface area contributed by atoms with Gasteiger partial charge in [0, 0.05) is 29.6 Å². The Labute approximate surface area is 245 Å². The van der Waals surface area contributed by atoms with Crippen LogP contribution in [0.15, 0.2) is 72.8 Å². The molecule has 0 saturated heterocycles. The molecular formula is C29H33Cl2N3O5S. The number of carbonyl (C=O) groups is 2. The maximum atomic E-state index is 14.1. The van der Waals surface area contributed by atoms with Gasteiger partial charge in [-0.3, -0.25) is 13.9 Å². The van der Waals surface area contributed by atoms with Gasteiger partial charge in [0.15, 0.2) is 0 Å². The van der Waals surface area contributed by atoms with E-state index in [0.29, 0.717) is 23.6 Å². The summed E-state index contributed by atoms with van der Waals surface area (Å²) >= 11 is 12.6. The number of benzene rings is 3. The second-order valence-electron chi connectivity index (χ2n) is 9.20. The molecule has 3 aromatic carbocycles. The number of methoxy groups -OCH3 is 1. The molecular weight excluding hydrogens is 573 g/mol. The van der Waals surface area contributed by atoms with Crippen LogP contribution in [0.4, 0.5) is 5.69 Å². The standard InChI is InChI=1S/C29H33Cl2N3O5S/c1-4-16-32-29(36)26(17-21-10-6-5-7-11-21)33(19-22-12-8-9-13-24(22)31)28(35)20-34(40(3,37)38)25-18-23(30)14-15-27(25)39-2/h5-15,18,26H,4,16-17,19-20H2,1-3H3,(H,32,36). The molecule has 214 valence electrons. The molecule has 0 saturated carbocycles. The van der Waals surface area contributed by atoms with Gasteiger partial charge in [-0.05, 0) is 41.8 Å². The Bertz CT molecular complexity index is 1420. The molecule has 40 heavy (non-hydrogen) atoms. The summed E-state index contributed by atoms with van der Waals surface area (Å²) in [7, 11) is -2.58. The monoisotopic (exact) mass is 605 g/mol. The molecule has 0 aliphatic heterocycles. The molecule has 0 spiro atoms. The van der Waals surface area contributed by atoms with Gasteiger partial charge in [0.1, 0.15) is 18.3 Å². The molecule has 1 unspecified atom stereocenters. The summed E-state index contributed by atoms with van der Waals surface area (Å²) in [5.41, 5.74) is 1.57. The number of halogens is 2. The zero-order valence-electron chi connectivity index (χ0n) is 22.6. The van der Waals surface area contributed by atoms with Crippen LogP contribution in [0.2, 0.25) is 10.0 Å². The van der Waals surface area contributed by atoms with Gasteiger partial charge in [-0.2, -0.15) is 0 Å². The number of anilines is 1. The van der Waals surface area contributed by atoms with E-state index < -0.39 is 28.5 Å². The normalized spacial score (nSPS) is 11.9. The lowest BCUT2D eigenvalue weighted by Crippen LogP contribution is -2.53. The third-order valence-electron chi connectivity index (χ3n) is 6.21. The van der Waals surface area contributed by atoms with Crippen molar-refractivity contribution >= 4 is 50.7 Å². The molecule has 8 nitrogen and oxygen atoms in total. The first kappa shape index (κ1) is 31.3. The van der Waals surface area contributed by atoms with Crippen LogP contribution in [-0.4, -0.2) is 57.6 Å². The van der Waals surface area contributed by atoms with E-state index in [1.807, 2.05) is 37.3 Å². The van der Waals surface area contributed by atoms with E-state index in [-0.39, 0.29) is 35.3 Å².